The Hall–Kier alpha value is -2.60. The topological polar surface area (TPSA) is 51.0 Å². The summed E-state index contributed by atoms with van der Waals surface area (Å²) in [5.41, 5.74) is 3.41. The van der Waals surface area contributed by atoms with Crippen molar-refractivity contribution < 1.29 is 4.79 Å². The van der Waals surface area contributed by atoms with Gasteiger partial charge in [0.05, 0.1) is 11.4 Å². The first-order valence-electron chi connectivity index (χ1n) is 8.58. The van der Waals surface area contributed by atoms with E-state index < -0.39 is 0 Å². The number of thioether (sulfide) groups is 1. The lowest BCUT2D eigenvalue weighted by Crippen LogP contribution is -2.27. The molecule has 26 heavy (non-hydrogen) atoms. The van der Waals surface area contributed by atoms with Crippen LogP contribution in [0, 0.1) is 0 Å². The number of amides is 1. The van der Waals surface area contributed by atoms with Gasteiger partial charge in [-0.05, 0) is 23.6 Å². The summed E-state index contributed by atoms with van der Waals surface area (Å²) in [5.74, 6) is 0.397. The molecule has 5 nitrogen and oxygen atoms in total. The Morgan fingerprint density at radius 2 is 1.85 bits per heavy atom. The molecule has 0 aliphatic heterocycles. The van der Waals surface area contributed by atoms with Gasteiger partial charge >= 0.3 is 0 Å². The average molecular weight is 366 g/mol. The van der Waals surface area contributed by atoms with Gasteiger partial charge in [-0.15, -0.1) is 10.2 Å². The minimum Gasteiger partial charge on any atom is -0.341 e. The third kappa shape index (κ3) is 4.32. The fraction of sp³-hybridized carbons (Fsp3) is 0.250. The van der Waals surface area contributed by atoms with Gasteiger partial charge in [0.1, 0.15) is 6.33 Å². The van der Waals surface area contributed by atoms with Crippen LogP contribution in [0.5, 0.6) is 0 Å². The number of carbonyl (C=O) groups is 1. The van der Waals surface area contributed by atoms with Crippen molar-refractivity contribution in [2.24, 2.45) is 0 Å². The number of nitrogens with zero attached hydrogens (tertiary/aromatic N) is 4. The summed E-state index contributed by atoms with van der Waals surface area (Å²) in [7, 11) is 1.83. The lowest BCUT2D eigenvalue weighted by Gasteiger charge is -2.17. The Labute approximate surface area is 158 Å². The van der Waals surface area contributed by atoms with Crippen molar-refractivity contribution in [2.45, 2.75) is 25.0 Å². The number of aromatic nitrogens is 3. The molecule has 0 saturated carbocycles. The van der Waals surface area contributed by atoms with Crippen molar-refractivity contribution in [1.29, 1.82) is 0 Å². The van der Waals surface area contributed by atoms with Crippen LogP contribution in [-0.2, 0) is 17.8 Å². The largest absolute Gasteiger partial charge is 0.341 e. The maximum absolute atomic E-state index is 12.5. The Kier molecular flexibility index (Phi) is 6.07. The van der Waals surface area contributed by atoms with E-state index in [-0.39, 0.29) is 5.91 Å². The first kappa shape index (κ1) is 18.2. The lowest BCUT2D eigenvalue weighted by molar-refractivity contribution is -0.127. The standard InChI is InChI=1S/C20H22N4OS/c1-3-17-11-7-8-12-18(17)24-15-21-22-20(24)26-14-19(25)23(2)13-16-9-5-4-6-10-16/h4-12,15H,3,13-14H2,1-2H3. The van der Waals surface area contributed by atoms with Crippen molar-refractivity contribution in [1.82, 2.24) is 19.7 Å². The van der Waals surface area contributed by atoms with E-state index >= 15 is 0 Å². The quantitative estimate of drug-likeness (QED) is 0.600. The highest BCUT2D eigenvalue weighted by Gasteiger charge is 2.14. The molecule has 3 rings (SSSR count). The van der Waals surface area contributed by atoms with Crippen molar-refractivity contribution in [3.05, 3.63) is 72.1 Å². The summed E-state index contributed by atoms with van der Waals surface area (Å²) >= 11 is 1.41. The van der Waals surface area contributed by atoms with Crippen LogP contribution in [0.2, 0.25) is 0 Å². The second-order valence-electron chi connectivity index (χ2n) is 5.99. The number of para-hydroxylation sites is 1. The summed E-state index contributed by atoms with van der Waals surface area (Å²) in [6, 6.07) is 18.2. The Morgan fingerprint density at radius 1 is 1.12 bits per heavy atom. The molecule has 0 N–H and O–H groups in total. The van der Waals surface area contributed by atoms with E-state index in [0.717, 1.165) is 22.8 Å². The van der Waals surface area contributed by atoms with Gasteiger partial charge in [-0.1, -0.05) is 67.2 Å². The average Bonchev–Trinajstić information content (AvgIpc) is 3.15. The van der Waals surface area contributed by atoms with E-state index in [2.05, 4.69) is 29.3 Å². The molecule has 3 aromatic rings. The fourth-order valence-electron chi connectivity index (χ4n) is 2.71. The number of carbonyl (C=O) groups excluding carboxylic acids is 1. The third-order valence-electron chi connectivity index (χ3n) is 4.16. The van der Waals surface area contributed by atoms with Crippen molar-refractivity contribution >= 4 is 17.7 Å². The molecule has 0 radical (unpaired) electrons. The van der Waals surface area contributed by atoms with Gasteiger partial charge in [-0.25, -0.2) is 0 Å². The molecule has 0 saturated heterocycles. The van der Waals surface area contributed by atoms with Crippen LogP contribution >= 0.6 is 11.8 Å². The third-order valence-corrected chi connectivity index (χ3v) is 5.09. The molecule has 0 aliphatic carbocycles. The number of benzene rings is 2. The predicted molar refractivity (Wildman–Crippen MR) is 104 cm³/mol. The van der Waals surface area contributed by atoms with Gasteiger partial charge in [0.2, 0.25) is 5.91 Å². The highest BCUT2D eigenvalue weighted by molar-refractivity contribution is 7.99. The van der Waals surface area contributed by atoms with Gasteiger partial charge in [0.15, 0.2) is 5.16 Å². The van der Waals surface area contributed by atoms with Crippen LogP contribution in [0.1, 0.15) is 18.1 Å². The summed E-state index contributed by atoms with van der Waals surface area (Å²) in [6.07, 6.45) is 2.63. The Morgan fingerprint density at radius 3 is 2.62 bits per heavy atom. The summed E-state index contributed by atoms with van der Waals surface area (Å²) in [5, 5.41) is 8.95. The maximum Gasteiger partial charge on any atom is 0.233 e. The Balaban J connectivity index is 1.65. The predicted octanol–water partition coefficient (Wildman–Crippen LogP) is 3.58. The summed E-state index contributed by atoms with van der Waals surface area (Å²) in [4.78, 5) is 14.2. The number of aryl methyl sites for hydroxylation is 1. The molecule has 1 amide bonds. The SMILES string of the molecule is CCc1ccccc1-n1cnnc1SCC(=O)N(C)Cc1ccccc1. The maximum atomic E-state index is 12.5. The van der Waals surface area contributed by atoms with E-state index in [0.29, 0.717) is 12.3 Å². The van der Waals surface area contributed by atoms with Crippen LogP contribution in [0.4, 0.5) is 0 Å². The molecule has 0 aliphatic rings. The second kappa shape index (κ2) is 8.67. The molecule has 0 unspecified atom stereocenters. The molecule has 6 heteroatoms. The molecule has 0 atom stereocenters. The van der Waals surface area contributed by atoms with Crippen LogP contribution in [0.25, 0.3) is 5.69 Å². The zero-order valence-electron chi connectivity index (χ0n) is 15.0. The fourth-order valence-corrected chi connectivity index (χ4v) is 3.58. The highest BCUT2D eigenvalue weighted by Crippen LogP contribution is 2.22. The minimum atomic E-state index is 0.0668. The first-order valence-corrected chi connectivity index (χ1v) is 9.56. The van der Waals surface area contributed by atoms with Gasteiger partial charge in [0, 0.05) is 13.6 Å². The van der Waals surface area contributed by atoms with Gasteiger partial charge in [-0.2, -0.15) is 0 Å². The first-order chi connectivity index (χ1) is 12.7. The van der Waals surface area contributed by atoms with Gasteiger partial charge in [-0.3, -0.25) is 9.36 Å². The normalized spacial score (nSPS) is 10.7. The number of hydrogen-bond donors (Lipinski definition) is 0. The molecule has 2 aromatic carbocycles. The zero-order valence-corrected chi connectivity index (χ0v) is 15.8. The lowest BCUT2D eigenvalue weighted by atomic mass is 10.1. The summed E-state index contributed by atoms with van der Waals surface area (Å²) in [6.45, 7) is 2.73. The number of rotatable bonds is 7. The highest BCUT2D eigenvalue weighted by atomic mass is 32.2. The molecule has 134 valence electrons. The minimum absolute atomic E-state index is 0.0668. The molecule has 1 heterocycles. The van der Waals surface area contributed by atoms with E-state index in [4.69, 9.17) is 0 Å². The van der Waals surface area contributed by atoms with E-state index in [9.17, 15) is 4.79 Å². The van der Waals surface area contributed by atoms with Crippen LogP contribution < -0.4 is 0 Å². The van der Waals surface area contributed by atoms with E-state index in [1.807, 2.05) is 54.1 Å². The van der Waals surface area contributed by atoms with E-state index in [1.54, 1.807) is 11.2 Å². The van der Waals surface area contributed by atoms with Crippen molar-refractivity contribution in [3.8, 4) is 5.69 Å². The second-order valence-corrected chi connectivity index (χ2v) is 6.93. The molecular weight excluding hydrogens is 344 g/mol. The van der Waals surface area contributed by atoms with Gasteiger partial charge < -0.3 is 4.90 Å². The molecule has 0 spiro atoms. The summed E-state index contributed by atoms with van der Waals surface area (Å²) < 4.78 is 1.95. The monoisotopic (exact) mass is 366 g/mol. The van der Waals surface area contributed by atoms with Crippen molar-refractivity contribution in [2.75, 3.05) is 12.8 Å². The number of hydrogen-bond acceptors (Lipinski definition) is 4. The van der Waals surface area contributed by atoms with Gasteiger partial charge in [0.25, 0.3) is 0 Å². The molecular formula is C20H22N4OS. The van der Waals surface area contributed by atoms with Crippen LogP contribution in [-0.4, -0.2) is 38.4 Å². The molecule has 0 fully saturated rings. The molecule has 1 aromatic heterocycles. The molecule has 0 bridgehead atoms. The van der Waals surface area contributed by atoms with Crippen molar-refractivity contribution in [3.63, 3.8) is 0 Å². The van der Waals surface area contributed by atoms with E-state index in [1.165, 1.54) is 17.3 Å². The Bertz CT molecular complexity index is 863. The van der Waals surface area contributed by atoms with Crippen LogP contribution in [0.15, 0.2) is 66.1 Å². The van der Waals surface area contributed by atoms with Crippen LogP contribution in [0.3, 0.4) is 0 Å². The smallest absolute Gasteiger partial charge is 0.233 e. The zero-order chi connectivity index (χ0) is 18.4.